The molecule has 0 atom stereocenters. The topological polar surface area (TPSA) is 50.9 Å². The van der Waals surface area contributed by atoms with Crippen LogP contribution < -0.4 is 0 Å². The molecular weight excluding hydrogens is 258 g/mol. The Morgan fingerprint density at radius 2 is 1.89 bits per heavy atom. The van der Waals surface area contributed by atoms with Gasteiger partial charge in [-0.1, -0.05) is 36.0 Å². The minimum absolute atomic E-state index is 0.0987. The Bertz CT molecular complexity index is 561. The lowest BCUT2D eigenvalue weighted by Gasteiger charge is -2.04. The fourth-order valence-electron chi connectivity index (χ4n) is 2.04. The molecule has 100 valence electrons. The number of thioether (sulfide) groups is 1. The van der Waals surface area contributed by atoms with Crippen molar-refractivity contribution in [3.05, 3.63) is 41.2 Å². The van der Waals surface area contributed by atoms with Gasteiger partial charge in [0.15, 0.2) is 5.16 Å². The van der Waals surface area contributed by atoms with Crippen LogP contribution in [0.2, 0.25) is 0 Å². The van der Waals surface area contributed by atoms with E-state index >= 15 is 0 Å². The summed E-state index contributed by atoms with van der Waals surface area (Å²) in [6.45, 7) is 0.0987. The van der Waals surface area contributed by atoms with Crippen LogP contribution in [0.25, 0.3) is 0 Å². The number of aliphatic hydroxyl groups is 1. The second-order valence-electron chi connectivity index (χ2n) is 4.94. The van der Waals surface area contributed by atoms with Gasteiger partial charge in [0.25, 0.3) is 0 Å². The summed E-state index contributed by atoms with van der Waals surface area (Å²) < 4.78 is 2.12. The molecule has 0 unspecified atom stereocenters. The van der Waals surface area contributed by atoms with Gasteiger partial charge in [-0.05, 0) is 24.0 Å². The molecule has 0 radical (unpaired) electrons. The predicted octanol–water partition coefficient (Wildman–Crippen LogP) is 2.48. The van der Waals surface area contributed by atoms with Gasteiger partial charge < -0.3 is 9.67 Å². The maximum atomic E-state index is 9.01. The average Bonchev–Trinajstić information content (AvgIpc) is 3.22. The lowest BCUT2D eigenvalue weighted by Crippen LogP contribution is -1.97. The molecule has 1 heterocycles. The van der Waals surface area contributed by atoms with Gasteiger partial charge in [0.2, 0.25) is 0 Å². The van der Waals surface area contributed by atoms with Gasteiger partial charge in [-0.15, -0.1) is 10.2 Å². The molecule has 19 heavy (non-hydrogen) atoms. The van der Waals surface area contributed by atoms with E-state index in [2.05, 4.69) is 26.9 Å². The number of rotatable bonds is 5. The van der Waals surface area contributed by atoms with E-state index in [-0.39, 0.29) is 6.61 Å². The third-order valence-electron chi connectivity index (χ3n) is 3.38. The molecule has 0 spiro atoms. The maximum Gasteiger partial charge on any atom is 0.191 e. The average molecular weight is 275 g/mol. The van der Waals surface area contributed by atoms with Gasteiger partial charge in [-0.25, -0.2) is 0 Å². The highest BCUT2D eigenvalue weighted by Gasteiger charge is 2.29. The van der Waals surface area contributed by atoms with Crippen LogP contribution in [0.15, 0.2) is 29.4 Å². The first-order chi connectivity index (χ1) is 9.28. The van der Waals surface area contributed by atoms with Crippen molar-refractivity contribution in [3.63, 3.8) is 0 Å². The first-order valence-electron chi connectivity index (χ1n) is 6.48. The van der Waals surface area contributed by atoms with Crippen molar-refractivity contribution >= 4 is 11.8 Å². The van der Waals surface area contributed by atoms with Gasteiger partial charge in [-0.3, -0.25) is 0 Å². The molecule has 1 aliphatic carbocycles. The SMILES string of the molecule is Cn1c(SCc2ccc(CO)cc2)nnc1C1CC1. The summed E-state index contributed by atoms with van der Waals surface area (Å²) in [5, 5.41) is 18.5. The second-order valence-corrected chi connectivity index (χ2v) is 5.88. The van der Waals surface area contributed by atoms with E-state index in [1.165, 1.54) is 18.4 Å². The Morgan fingerprint density at radius 3 is 2.53 bits per heavy atom. The molecule has 1 aromatic carbocycles. The van der Waals surface area contributed by atoms with Crippen molar-refractivity contribution in [1.29, 1.82) is 0 Å². The van der Waals surface area contributed by atoms with E-state index in [9.17, 15) is 0 Å². The van der Waals surface area contributed by atoms with Gasteiger partial charge in [0, 0.05) is 18.7 Å². The normalized spacial score (nSPS) is 14.8. The Balaban J connectivity index is 1.64. The van der Waals surface area contributed by atoms with Crippen LogP contribution in [-0.2, 0) is 19.4 Å². The third-order valence-corrected chi connectivity index (χ3v) is 4.48. The first kappa shape index (κ1) is 12.7. The molecule has 1 aliphatic rings. The molecule has 0 aliphatic heterocycles. The van der Waals surface area contributed by atoms with Gasteiger partial charge >= 0.3 is 0 Å². The summed E-state index contributed by atoms with van der Waals surface area (Å²) in [7, 11) is 2.05. The highest BCUT2D eigenvalue weighted by molar-refractivity contribution is 7.98. The minimum atomic E-state index is 0.0987. The van der Waals surface area contributed by atoms with Crippen molar-refractivity contribution < 1.29 is 5.11 Å². The Hall–Kier alpha value is -1.33. The number of aliphatic hydroxyl groups excluding tert-OH is 1. The lowest BCUT2D eigenvalue weighted by molar-refractivity contribution is 0.282. The largest absolute Gasteiger partial charge is 0.392 e. The van der Waals surface area contributed by atoms with Crippen molar-refractivity contribution in [1.82, 2.24) is 14.8 Å². The summed E-state index contributed by atoms with van der Waals surface area (Å²) in [4.78, 5) is 0. The van der Waals surface area contributed by atoms with Crippen LogP contribution in [-0.4, -0.2) is 19.9 Å². The van der Waals surface area contributed by atoms with E-state index in [0.717, 1.165) is 22.3 Å². The molecule has 2 aromatic rings. The van der Waals surface area contributed by atoms with Crippen LogP contribution in [0, 0.1) is 0 Å². The van der Waals surface area contributed by atoms with Gasteiger partial charge in [0.1, 0.15) is 5.82 Å². The first-order valence-corrected chi connectivity index (χ1v) is 7.47. The highest BCUT2D eigenvalue weighted by Crippen LogP contribution is 2.39. The third kappa shape index (κ3) is 2.82. The Labute approximate surface area is 116 Å². The molecule has 1 fully saturated rings. The number of hydrogen-bond donors (Lipinski definition) is 1. The number of hydrogen-bond acceptors (Lipinski definition) is 4. The lowest BCUT2D eigenvalue weighted by atomic mass is 10.2. The summed E-state index contributed by atoms with van der Waals surface area (Å²) in [5.74, 6) is 2.64. The summed E-state index contributed by atoms with van der Waals surface area (Å²) in [5.41, 5.74) is 2.18. The van der Waals surface area contributed by atoms with Crippen LogP contribution in [0.1, 0.15) is 35.7 Å². The molecule has 0 saturated heterocycles. The molecule has 3 rings (SSSR count). The summed E-state index contributed by atoms with van der Waals surface area (Å²) >= 11 is 1.71. The second kappa shape index (κ2) is 5.35. The molecule has 0 bridgehead atoms. The van der Waals surface area contributed by atoms with Gasteiger partial charge in [-0.2, -0.15) is 0 Å². The number of benzene rings is 1. The zero-order valence-electron chi connectivity index (χ0n) is 10.9. The standard InChI is InChI=1S/C14H17N3OS/c1-17-13(12-6-7-12)15-16-14(17)19-9-11-4-2-10(8-18)3-5-11/h2-5,12,18H,6-9H2,1H3. The van der Waals surface area contributed by atoms with Crippen LogP contribution in [0.5, 0.6) is 0 Å². The molecule has 1 saturated carbocycles. The zero-order chi connectivity index (χ0) is 13.2. The fraction of sp³-hybridized carbons (Fsp3) is 0.429. The molecular formula is C14H17N3OS. The van der Waals surface area contributed by atoms with Crippen molar-refractivity contribution in [3.8, 4) is 0 Å². The molecule has 1 N–H and O–H groups in total. The van der Waals surface area contributed by atoms with Crippen LogP contribution >= 0.6 is 11.8 Å². The highest BCUT2D eigenvalue weighted by atomic mass is 32.2. The summed E-state index contributed by atoms with van der Waals surface area (Å²) in [6, 6.07) is 8.03. The monoisotopic (exact) mass is 275 g/mol. The minimum Gasteiger partial charge on any atom is -0.392 e. The molecule has 0 amide bonds. The van der Waals surface area contributed by atoms with Crippen molar-refractivity contribution in [2.24, 2.45) is 7.05 Å². The Morgan fingerprint density at radius 1 is 1.21 bits per heavy atom. The zero-order valence-corrected chi connectivity index (χ0v) is 11.7. The fourth-order valence-corrected chi connectivity index (χ4v) is 2.91. The Kier molecular flexibility index (Phi) is 3.57. The van der Waals surface area contributed by atoms with E-state index in [1.807, 2.05) is 19.2 Å². The van der Waals surface area contributed by atoms with Gasteiger partial charge in [0.05, 0.1) is 6.61 Å². The van der Waals surface area contributed by atoms with Crippen molar-refractivity contribution in [2.75, 3.05) is 0 Å². The molecule has 5 heteroatoms. The summed E-state index contributed by atoms with van der Waals surface area (Å²) in [6.07, 6.45) is 2.50. The predicted molar refractivity (Wildman–Crippen MR) is 74.9 cm³/mol. The number of aromatic nitrogens is 3. The van der Waals surface area contributed by atoms with Crippen LogP contribution in [0.4, 0.5) is 0 Å². The smallest absolute Gasteiger partial charge is 0.191 e. The van der Waals surface area contributed by atoms with E-state index < -0.39 is 0 Å². The quantitative estimate of drug-likeness (QED) is 0.852. The number of nitrogens with zero attached hydrogens (tertiary/aromatic N) is 3. The van der Waals surface area contributed by atoms with E-state index in [4.69, 9.17) is 5.11 Å². The molecule has 1 aromatic heterocycles. The van der Waals surface area contributed by atoms with E-state index in [0.29, 0.717) is 5.92 Å². The molecule has 4 nitrogen and oxygen atoms in total. The maximum absolute atomic E-state index is 9.01. The van der Waals surface area contributed by atoms with Crippen LogP contribution in [0.3, 0.4) is 0 Å². The van der Waals surface area contributed by atoms with E-state index in [1.54, 1.807) is 11.8 Å². The van der Waals surface area contributed by atoms with Crippen molar-refractivity contribution in [2.45, 2.75) is 36.3 Å².